The predicted molar refractivity (Wildman–Crippen MR) is 151 cm³/mol. The number of benzene rings is 2. The van der Waals surface area contributed by atoms with E-state index >= 15 is 0 Å². The van der Waals surface area contributed by atoms with Gasteiger partial charge in [-0.2, -0.15) is 10.4 Å². The SMILES string of the molecule is [B]C([B])(c1ccc(F)c(C(=O)N2CCN(c3ccc(C#N)cn3)CC2)c1)c1n[nH]c(=O)c2ccc(C#CC)cc12. The summed E-state index contributed by atoms with van der Waals surface area (Å²) in [6.07, 6.45) is 1.50. The molecule has 40 heavy (non-hydrogen) atoms. The molecule has 192 valence electrons. The van der Waals surface area contributed by atoms with E-state index in [4.69, 9.17) is 21.0 Å². The summed E-state index contributed by atoms with van der Waals surface area (Å²) in [6, 6.07) is 14.4. The summed E-state index contributed by atoms with van der Waals surface area (Å²) < 4.78 is 15.0. The van der Waals surface area contributed by atoms with Gasteiger partial charge in [0.2, 0.25) is 0 Å². The molecule has 1 amide bonds. The number of fused-ring (bicyclic) bond motifs is 1. The van der Waals surface area contributed by atoms with E-state index in [0.717, 1.165) is 6.07 Å². The topological polar surface area (TPSA) is 106 Å². The Hall–Kier alpha value is -4.89. The second-order valence-corrected chi connectivity index (χ2v) is 9.40. The lowest BCUT2D eigenvalue weighted by atomic mass is 9.49. The molecule has 4 radical (unpaired) electrons. The van der Waals surface area contributed by atoms with E-state index in [0.29, 0.717) is 53.9 Å². The average Bonchev–Trinajstić information content (AvgIpc) is 2.97. The van der Waals surface area contributed by atoms with Crippen LogP contribution in [0.25, 0.3) is 10.8 Å². The molecule has 3 heterocycles. The van der Waals surface area contributed by atoms with E-state index in [1.54, 1.807) is 42.2 Å². The van der Waals surface area contributed by atoms with Crippen molar-refractivity contribution in [1.82, 2.24) is 20.1 Å². The Bertz CT molecular complexity index is 1780. The van der Waals surface area contributed by atoms with Crippen LogP contribution in [0.5, 0.6) is 0 Å². The molecule has 0 atom stereocenters. The minimum atomic E-state index is -1.77. The highest BCUT2D eigenvalue weighted by atomic mass is 19.1. The van der Waals surface area contributed by atoms with Crippen molar-refractivity contribution < 1.29 is 9.18 Å². The number of hydrogen-bond donors (Lipinski definition) is 1. The van der Waals surface area contributed by atoms with Crippen LogP contribution in [0.2, 0.25) is 0 Å². The number of nitrogens with one attached hydrogen (secondary N) is 1. The third kappa shape index (κ3) is 4.94. The van der Waals surface area contributed by atoms with Gasteiger partial charge in [0.15, 0.2) is 0 Å². The van der Waals surface area contributed by atoms with Gasteiger partial charge in [0.1, 0.15) is 17.7 Å². The van der Waals surface area contributed by atoms with E-state index in [1.807, 2.05) is 11.0 Å². The third-order valence-corrected chi connectivity index (χ3v) is 6.89. The second kappa shape index (κ2) is 10.7. The van der Waals surface area contributed by atoms with Crippen LogP contribution in [0, 0.1) is 29.0 Å². The van der Waals surface area contributed by atoms with Crippen LogP contribution in [-0.2, 0) is 5.21 Å². The molecule has 0 aliphatic carbocycles. The highest BCUT2D eigenvalue weighted by Gasteiger charge is 2.30. The molecule has 11 heteroatoms. The van der Waals surface area contributed by atoms with Gasteiger partial charge in [0.25, 0.3) is 11.5 Å². The molecule has 0 unspecified atom stereocenters. The normalized spacial score (nSPS) is 13.4. The van der Waals surface area contributed by atoms with Crippen LogP contribution >= 0.6 is 0 Å². The van der Waals surface area contributed by atoms with Gasteiger partial charge in [0, 0.05) is 43.3 Å². The molecule has 2 aromatic carbocycles. The highest BCUT2D eigenvalue weighted by Crippen LogP contribution is 2.31. The maximum Gasteiger partial charge on any atom is 0.272 e. The number of carbonyl (C=O) groups is 1. The van der Waals surface area contributed by atoms with Gasteiger partial charge in [-0.15, -0.1) is 5.92 Å². The summed E-state index contributed by atoms with van der Waals surface area (Å²) >= 11 is 0. The number of anilines is 1. The number of H-pyrrole nitrogens is 1. The zero-order valence-corrected chi connectivity index (χ0v) is 21.6. The summed E-state index contributed by atoms with van der Waals surface area (Å²) in [5, 5.41) is 14.5. The Labute approximate surface area is 232 Å². The number of piperazine rings is 1. The van der Waals surface area contributed by atoms with Gasteiger partial charge in [-0.25, -0.2) is 14.5 Å². The van der Waals surface area contributed by atoms with Gasteiger partial charge in [-0.05, 0) is 54.6 Å². The summed E-state index contributed by atoms with van der Waals surface area (Å²) in [4.78, 5) is 33.7. The molecule has 1 N–H and O–H groups in total. The van der Waals surface area contributed by atoms with E-state index < -0.39 is 22.5 Å². The van der Waals surface area contributed by atoms with Crippen molar-refractivity contribution in [1.29, 1.82) is 5.26 Å². The highest BCUT2D eigenvalue weighted by molar-refractivity contribution is 6.43. The number of rotatable bonds is 4. The van der Waals surface area contributed by atoms with Crippen molar-refractivity contribution in [3.63, 3.8) is 0 Å². The first-order chi connectivity index (χ1) is 19.2. The largest absolute Gasteiger partial charge is 0.353 e. The summed E-state index contributed by atoms with van der Waals surface area (Å²) in [5.74, 6) is 5.23. The van der Waals surface area contributed by atoms with Crippen molar-refractivity contribution in [2.75, 3.05) is 31.1 Å². The molecule has 0 bridgehead atoms. The van der Waals surface area contributed by atoms with E-state index in [2.05, 4.69) is 27.0 Å². The van der Waals surface area contributed by atoms with Gasteiger partial charge in [0.05, 0.1) is 37.9 Å². The van der Waals surface area contributed by atoms with Crippen LogP contribution < -0.4 is 10.5 Å². The van der Waals surface area contributed by atoms with Gasteiger partial charge < -0.3 is 9.80 Å². The van der Waals surface area contributed by atoms with Crippen LogP contribution in [0.1, 0.15) is 39.7 Å². The van der Waals surface area contributed by atoms with Crippen LogP contribution in [0.15, 0.2) is 59.5 Å². The quantitative estimate of drug-likeness (QED) is 0.323. The molecule has 2 aromatic heterocycles. The lowest BCUT2D eigenvalue weighted by molar-refractivity contribution is 0.0741. The fourth-order valence-electron chi connectivity index (χ4n) is 4.73. The Morgan fingerprint density at radius 1 is 1.05 bits per heavy atom. The van der Waals surface area contributed by atoms with Gasteiger partial charge >= 0.3 is 0 Å². The number of pyridine rings is 1. The van der Waals surface area contributed by atoms with E-state index in [9.17, 15) is 14.0 Å². The molecule has 1 fully saturated rings. The fraction of sp³-hybridized carbons (Fsp3) is 0.207. The van der Waals surface area contributed by atoms with Gasteiger partial charge in [-0.1, -0.05) is 17.6 Å². The Morgan fingerprint density at radius 3 is 2.48 bits per heavy atom. The van der Waals surface area contributed by atoms with Crippen molar-refractivity contribution in [2.45, 2.75) is 12.1 Å². The molecule has 1 saturated heterocycles. The number of carbonyl (C=O) groups excluding carboxylic acids is 1. The Kier molecular flexibility index (Phi) is 7.15. The minimum Gasteiger partial charge on any atom is -0.353 e. The summed E-state index contributed by atoms with van der Waals surface area (Å²) in [6.45, 7) is 3.35. The molecule has 1 aliphatic heterocycles. The third-order valence-electron chi connectivity index (χ3n) is 6.89. The van der Waals surface area contributed by atoms with Crippen LogP contribution in [-0.4, -0.2) is 67.9 Å². The minimum absolute atomic E-state index is 0.149. The molecule has 0 spiro atoms. The first-order valence-electron chi connectivity index (χ1n) is 12.5. The number of amides is 1. The Morgan fingerprint density at radius 2 is 1.80 bits per heavy atom. The number of aromatic nitrogens is 3. The monoisotopic (exact) mass is 526 g/mol. The molecule has 0 saturated carbocycles. The van der Waals surface area contributed by atoms with Crippen molar-refractivity contribution in [3.05, 3.63) is 98.8 Å². The van der Waals surface area contributed by atoms with Gasteiger partial charge in [-0.3, -0.25) is 9.59 Å². The summed E-state index contributed by atoms with van der Waals surface area (Å²) in [7, 11) is 13.2. The van der Waals surface area contributed by atoms with E-state index in [1.165, 1.54) is 18.3 Å². The van der Waals surface area contributed by atoms with Crippen molar-refractivity contribution in [2.24, 2.45) is 0 Å². The van der Waals surface area contributed by atoms with Crippen molar-refractivity contribution in [3.8, 4) is 17.9 Å². The number of hydrogen-bond acceptors (Lipinski definition) is 6. The van der Waals surface area contributed by atoms with Crippen molar-refractivity contribution >= 4 is 38.2 Å². The molecule has 4 aromatic rings. The van der Waals surface area contributed by atoms with Crippen LogP contribution in [0.3, 0.4) is 0 Å². The first kappa shape index (κ1) is 26.7. The fourth-order valence-corrected chi connectivity index (χ4v) is 4.73. The maximum atomic E-state index is 15.0. The number of aromatic amines is 1. The zero-order chi connectivity index (χ0) is 28.4. The summed E-state index contributed by atoms with van der Waals surface area (Å²) in [5.41, 5.74) is 0.902. The smallest absolute Gasteiger partial charge is 0.272 e. The number of halogens is 1. The Balaban J connectivity index is 1.43. The predicted octanol–water partition coefficient (Wildman–Crippen LogP) is 2.20. The molecular formula is C29H21B2FN6O2. The number of nitriles is 1. The molecule has 5 rings (SSSR count). The lowest BCUT2D eigenvalue weighted by Crippen LogP contribution is -2.49. The molecule has 8 nitrogen and oxygen atoms in total. The maximum absolute atomic E-state index is 15.0. The van der Waals surface area contributed by atoms with E-state index in [-0.39, 0.29) is 16.8 Å². The zero-order valence-electron chi connectivity index (χ0n) is 21.6. The molecular weight excluding hydrogens is 505 g/mol. The molecule has 1 aliphatic rings. The lowest BCUT2D eigenvalue weighted by Gasteiger charge is -2.35. The number of nitrogens with zero attached hydrogens (tertiary/aromatic N) is 5. The second-order valence-electron chi connectivity index (χ2n) is 9.40. The standard InChI is InChI=1S/C29H21B2FN6O2/c1-2-3-18-4-7-21-22(14-18)26(35-36-27(21)39)29(30,31)20-6-8-24(32)23(15-20)28(40)38-12-10-37(11-13-38)25-9-5-19(16-33)17-34-25/h4-9,14-15,17H,10-13H2,1H3,(H,36,39). The van der Waals surface area contributed by atoms with Crippen LogP contribution in [0.4, 0.5) is 10.2 Å². The first-order valence-corrected chi connectivity index (χ1v) is 12.5. The average molecular weight is 526 g/mol.